The molecule has 0 N–H and O–H groups in total. The van der Waals surface area contributed by atoms with E-state index in [2.05, 4.69) is 35.3 Å². The van der Waals surface area contributed by atoms with E-state index in [9.17, 15) is 0 Å². The fraction of sp³-hybridized carbons (Fsp3) is 0. The maximum atomic E-state index is 5.51. The summed E-state index contributed by atoms with van der Waals surface area (Å²) in [5, 5.41) is 1.19. The molecule has 2 nitrogen and oxygen atoms in total. The number of hydrogen-bond acceptors (Lipinski definition) is 3. The molecule has 0 aliphatic heterocycles. The average Bonchev–Trinajstić information content (AvgIpc) is 3.17. The van der Waals surface area contributed by atoms with Crippen LogP contribution in [0.1, 0.15) is 0 Å². The zero-order valence-electron chi connectivity index (χ0n) is 10.6. The summed E-state index contributed by atoms with van der Waals surface area (Å²) in [7, 11) is 0. The van der Waals surface area contributed by atoms with E-state index in [1.54, 1.807) is 17.6 Å². The number of nitrogens with zero attached hydrogens (tertiary/aromatic N) is 1. The Balaban J connectivity index is 1.94. The number of furan rings is 1. The van der Waals surface area contributed by atoms with Crippen LogP contribution in [-0.2, 0) is 0 Å². The largest absolute Gasteiger partial charge is 0.464 e. The smallest absolute Gasteiger partial charge is 0.136 e. The third-order valence-corrected chi connectivity index (χ3v) is 4.41. The average molecular weight is 277 g/mol. The highest BCUT2D eigenvalue weighted by Crippen LogP contribution is 2.37. The number of thiophene rings is 1. The van der Waals surface area contributed by atoms with E-state index in [1.165, 1.54) is 20.5 Å². The van der Waals surface area contributed by atoms with Gasteiger partial charge in [0.15, 0.2) is 0 Å². The molecule has 0 saturated carbocycles. The summed E-state index contributed by atoms with van der Waals surface area (Å²) in [5.74, 6) is 0.862. The van der Waals surface area contributed by atoms with Crippen LogP contribution in [0.25, 0.3) is 31.9 Å². The van der Waals surface area contributed by atoms with Gasteiger partial charge in [0.2, 0.25) is 0 Å². The van der Waals surface area contributed by atoms with Crippen molar-refractivity contribution in [2.24, 2.45) is 0 Å². The number of aromatic nitrogens is 1. The fourth-order valence-electron chi connectivity index (χ4n) is 2.33. The van der Waals surface area contributed by atoms with E-state index in [4.69, 9.17) is 4.42 Å². The van der Waals surface area contributed by atoms with Crippen molar-refractivity contribution < 1.29 is 4.42 Å². The monoisotopic (exact) mass is 277 g/mol. The number of pyridine rings is 1. The van der Waals surface area contributed by atoms with Crippen LogP contribution < -0.4 is 0 Å². The van der Waals surface area contributed by atoms with E-state index in [-0.39, 0.29) is 0 Å². The molecule has 0 amide bonds. The standard InChI is InChI=1S/C17H11NOS/c1-2-5-12(6-3-1)16-9-13-14(15-7-4-8-19-15)10-18-11-17(13)20-16/h1-11H. The van der Waals surface area contributed by atoms with Gasteiger partial charge in [-0.1, -0.05) is 30.3 Å². The third kappa shape index (κ3) is 1.84. The summed E-state index contributed by atoms with van der Waals surface area (Å²) in [6.45, 7) is 0. The van der Waals surface area contributed by atoms with Gasteiger partial charge in [-0.3, -0.25) is 4.98 Å². The summed E-state index contributed by atoms with van der Waals surface area (Å²) in [5.41, 5.74) is 2.28. The summed E-state index contributed by atoms with van der Waals surface area (Å²) in [6, 6.07) is 16.5. The Hall–Kier alpha value is -2.39. The first-order valence-electron chi connectivity index (χ1n) is 6.39. The molecular weight excluding hydrogens is 266 g/mol. The lowest BCUT2D eigenvalue weighted by Gasteiger charge is -1.97. The van der Waals surface area contributed by atoms with Crippen molar-refractivity contribution in [3.63, 3.8) is 0 Å². The Bertz CT molecular complexity index is 847. The molecule has 0 bridgehead atoms. The predicted molar refractivity (Wildman–Crippen MR) is 82.8 cm³/mol. The quantitative estimate of drug-likeness (QED) is 0.502. The zero-order valence-corrected chi connectivity index (χ0v) is 11.4. The second kappa shape index (κ2) is 4.62. The van der Waals surface area contributed by atoms with Gasteiger partial charge in [-0.05, 0) is 23.8 Å². The van der Waals surface area contributed by atoms with Crippen molar-refractivity contribution in [2.45, 2.75) is 0 Å². The van der Waals surface area contributed by atoms with Gasteiger partial charge in [-0.25, -0.2) is 0 Å². The van der Waals surface area contributed by atoms with Gasteiger partial charge >= 0.3 is 0 Å². The first-order valence-corrected chi connectivity index (χ1v) is 7.20. The lowest BCUT2D eigenvalue weighted by Crippen LogP contribution is -1.77. The van der Waals surface area contributed by atoms with Crippen LogP contribution in [0.4, 0.5) is 0 Å². The maximum absolute atomic E-state index is 5.51. The second-order valence-corrected chi connectivity index (χ2v) is 5.64. The summed E-state index contributed by atoms with van der Waals surface area (Å²) in [4.78, 5) is 5.58. The fourth-order valence-corrected chi connectivity index (χ4v) is 3.39. The van der Waals surface area contributed by atoms with Crippen LogP contribution in [0.3, 0.4) is 0 Å². The third-order valence-electron chi connectivity index (χ3n) is 3.29. The molecule has 4 aromatic rings. The van der Waals surface area contributed by atoms with E-state index >= 15 is 0 Å². The van der Waals surface area contributed by atoms with Crippen LogP contribution in [0.2, 0.25) is 0 Å². The van der Waals surface area contributed by atoms with Crippen LogP contribution in [-0.4, -0.2) is 4.98 Å². The molecule has 0 saturated heterocycles. The summed E-state index contributed by atoms with van der Waals surface area (Å²) < 4.78 is 6.69. The van der Waals surface area contributed by atoms with E-state index in [1.807, 2.05) is 30.6 Å². The van der Waals surface area contributed by atoms with Crippen molar-refractivity contribution in [1.82, 2.24) is 4.98 Å². The lowest BCUT2D eigenvalue weighted by molar-refractivity contribution is 0.583. The first kappa shape index (κ1) is 11.4. The van der Waals surface area contributed by atoms with Crippen LogP contribution in [0, 0.1) is 0 Å². The molecule has 0 aliphatic rings. The molecule has 0 atom stereocenters. The summed E-state index contributed by atoms with van der Waals surface area (Å²) >= 11 is 1.76. The molecule has 0 spiro atoms. The molecule has 96 valence electrons. The normalized spacial score (nSPS) is 11.0. The molecule has 3 heterocycles. The molecule has 3 aromatic heterocycles. The molecule has 3 heteroatoms. The van der Waals surface area contributed by atoms with Crippen molar-refractivity contribution >= 4 is 21.4 Å². The molecule has 0 aliphatic carbocycles. The maximum Gasteiger partial charge on any atom is 0.136 e. The number of benzene rings is 1. The molecule has 0 radical (unpaired) electrons. The minimum Gasteiger partial charge on any atom is -0.464 e. The SMILES string of the molecule is c1ccc(-c2cc3c(-c4ccco4)cncc3s2)cc1. The highest BCUT2D eigenvalue weighted by molar-refractivity contribution is 7.22. The van der Waals surface area contributed by atoms with E-state index < -0.39 is 0 Å². The Kier molecular flexibility index (Phi) is 2.64. The topological polar surface area (TPSA) is 26.0 Å². The zero-order chi connectivity index (χ0) is 13.4. The Morgan fingerprint density at radius 2 is 1.85 bits per heavy atom. The second-order valence-electron chi connectivity index (χ2n) is 4.55. The van der Waals surface area contributed by atoms with Crippen molar-refractivity contribution in [1.29, 1.82) is 0 Å². The first-order chi connectivity index (χ1) is 9.92. The Labute approximate surface area is 120 Å². The van der Waals surface area contributed by atoms with Crippen LogP contribution in [0.15, 0.2) is 71.6 Å². The molecule has 1 aromatic carbocycles. The van der Waals surface area contributed by atoms with Crippen molar-refractivity contribution in [3.05, 3.63) is 67.2 Å². The number of fused-ring (bicyclic) bond motifs is 1. The minimum absolute atomic E-state index is 0.862. The van der Waals surface area contributed by atoms with Crippen LogP contribution >= 0.6 is 11.3 Å². The molecule has 20 heavy (non-hydrogen) atoms. The van der Waals surface area contributed by atoms with Crippen molar-refractivity contribution in [2.75, 3.05) is 0 Å². The predicted octanol–water partition coefficient (Wildman–Crippen LogP) is 5.22. The minimum atomic E-state index is 0.862. The van der Waals surface area contributed by atoms with E-state index in [0.29, 0.717) is 0 Å². The van der Waals surface area contributed by atoms with Gasteiger partial charge < -0.3 is 4.42 Å². The van der Waals surface area contributed by atoms with E-state index in [0.717, 1.165) is 11.3 Å². The van der Waals surface area contributed by atoms with Gasteiger partial charge in [0, 0.05) is 28.2 Å². The molecule has 0 unspecified atom stereocenters. The van der Waals surface area contributed by atoms with Gasteiger partial charge in [0.25, 0.3) is 0 Å². The highest BCUT2D eigenvalue weighted by Gasteiger charge is 2.11. The van der Waals surface area contributed by atoms with Gasteiger partial charge in [-0.2, -0.15) is 0 Å². The molecule has 4 rings (SSSR count). The van der Waals surface area contributed by atoms with Crippen LogP contribution in [0.5, 0.6) is 0 Å². The number of hydrogen-bond donors (Lipinski definition) is 0. The Morgan fingerprint density at radius 3 is 2.65 bits per heavy atom. The number of rotatable bonds is 2. The molecular formula is C17H11NOS. The molecule has 0 fully saturated rings. The lowest BCUT2D eigenvalue weighted by atomic mass is 10.1. The van der Waals surface area contributed by atoms with Gasteiger partial charge in [0.1, 0.15) is 5.76 Å². The van der Waals surface area contributed by atoms with Gasteiger partial charge in [-0.15, -0.1) is 11.3 Å². The Morgan fingerprint density at radius 1 is 0.950 bits per heavy atom. The highest BCUT2D eigenvalue weighted by atomic mass is 32.1. The summed E-state index contributed by atoms with van der Waals surface area (Å²) in [6.07, 6.45) is 5.47. The van der Waals surface area contributed by atoms with Crippen molar-refractivity contribution in [3.8, 4) is 21.8 Å². The van der Waals surface area contributed by atoms with Gasteiger partial charge in [0.05, 0.1) is 11.0 Å².